The number of hydrogen-bond donors (Lipinski definition) is 2. The van der Waals surface area contributed by atoms with Crippen LogP contribution in [-0.4, -0.2) is 22.0 Å². The van der Waals surface area contributed by atoms with E-state index in [1.54, 1.807) is 18.3 Å². The number of carboxylic acids is 1. The predicted octanol–water partition coefficient (Wildman–Crippen LogP) is 2.69. The van der Waals surface area contributed by atoms with Gasteiger partial charge >= 0.3 is 5.97 Å². The van der Waals surface area contributed by atoms with E-state index in [0.29, 0.717) is 10.6 Å². The molecule has 1 aromatic carbocycles. The minimum atomic E-state index is -1.14. The highest BCUT2D eigenvalue weighted by molar-refractivity contribution is 6.31. The second-order valence-electron chi connectivity index (χ2n) is 3.69. The fourth-order valence-corrected chi connectivity index (χ4v) is 1.67. The molecule has 5 nitrogen and oxygen atoms in total. The summed E-state index contributed by atoms with van der Waals surface area (Å²) in [5.41, 5.74) is 0.453. The Bertz CT molecular complexity index is 629. The number of carbonyl (C=O) groups is 2. The molecule has 0 radical (unpaired) electrons. The van der Waals surface area contributed by atoms with Crippen LogP contribution in [0, 0.1) is 0 Å². The number of carboxylic acid groups (broad SMARTS) is 1. The maximum atomic E-state index is 11.9. The molecule has 1 aromatic heterocycles. The van der Waals surface area contributed by atoms with E-state index >= 15 is 0 Å². The Morgan fingerprint density at radius 3 is 2.68 bits per heavy atom. The maximum absolute atomic E-state index is 11.9. The number of rotatable bonds is 3. The SMILES string of the molecule is O=C(Nc1cc(Cl)ccc1C(=O)O)c1cccnc1. The number of nitrogens with one attached hydrogen (secondary N) is 1. The maximum Gasteiger partial charge on any atom is 0.337 e. The molecule has 1 amide bonds. The van der Waals surface area contributed by atoms with Crippen molar-refractivity contribution >= 4 is 29.2 Å². The summed E-state index contributed by atoms with van der Waals surface area (Å²) in [6.45, 7) is 0. The zero-order valence-corrected chi connectivity index (χ0v) is 10.4. The van der Waals surface area contributed by atoms with Gasteiger partial charge in [0.05, 0.1) is 16.8 Å². The van der Waals surface area contributed by atoms with E-state index in [9.17, 15) is 9.59 Å². The number of aromatic carboxylic acids is 1. The normalized spacial score (nSPS) is 9.95. The van der Waals surface area contributed by atoms with E-state index < -0.39 is 11.9 Å². The molecule has 1 heterocycles. The molecule has 2 aromatic rings. The van der Waals surface area contributed by atoms with Crippen molar-refractivity contribution in [3.8, 4) is 0 Å². The second-order valence-corrected chi connectivity index (χ2v) is 4.13. The molecular formula is C13H9ClN2O3. The van der Waals surface area contributed by atoms with E-state index in [0.717, 1.165) is 0 Å². The molecule has 0 aliphatic heterocycles. The third kappa shape index (κ3) is 3.08. The van der Waals surface area contributed by atoms with Gasteiger partial charge in [0.2, 0.25) is 0 Å². The quantitative estimate of drug-likeness (QED) is 0.903. The van der Waals surface area contributed by atoms with Crippen LogP contribution in [0.25, 0.3) is 0 Å². The molecule has 6 heteroatoms. The van der Waals surface area contributed by atoms with Gasteiger partial charge in [-0.15, -0.1) is 0 Å². The summed E-state index contributed by atoms with van der Waals surface area (Å²) in [6, 6.07) is 7.37. The van der Waals surface area contributed by atoms with Crippen LogP contribution in [-0.2, 0) is 0 Å². The van der Waals surface area contributed by atoms with Crippen LogP contribution >= 0.6 is 11.6 Å². The number of anilines is 1. The minimum Gasteiger partial charge on any atom is -0.478 e. The predicted molar refractivity (Wildman–Crippen MR) is 70.6 cm³/mol. The third-order valence-electron chi connectivity index (χ3n) is 2.38. The summed E-state index contributed by atoms with van der Waals surface area (Å²) in [5.74, 6) is -1.59. The highest BCUT2D eigenvalue weighted by Crippen LogP contribution is 2.21. The molecule has 96 valence electrons. The number of aromatic nitrogens is 1. The van der Waals surface area contributed by atoms with Gasteiger partial charge in [-0.3, -0.25) is 9.78 Å². The molecule has 0 atom stereocenters. The average molecular weight is 277 g/mol. The van der Waals surface area contributed by atoms with Crippen LogP contribution in [0.3, 0.4) is 0 Å². The fourth-order valence-electron chi connectivity index (χ4n) is 1.50. The number of amides is 1. The van der Waals surface area contributed by atoms with Gasteiger partial charge in [-0.25, -0.2) is 4.79 Å². The number of nitrogens with zero attached hydrogens (tertiary/aromatic N) is 1. The first-order valence-electron chi connectivity index (χ1n) is 5.32. The Labute approximate surface area is 113 Å². The van der Waals surface area contributed by atoms with Gasteiger partial charge in [0, 0.05) is 17.4 Å². The Morgan fingerprint density at radius 1 is 1.26 bits per heavy atom. The average Bonchev–Trinajstić information content (AvgIpc) is 2.39. The Kier molecular flexibility index (Phi) is 3.77. The minimum absolute atomic E-state index is 0.0263. The van der Waals surface area contributed by atoms with Crippen LogP contribution in [0.5, 0.6) is 0 Å². The molecule has 0 unspecified atom stereocenters. The van der Waals surface area contributed by atoms with Crippen molar-refractivity contribution in [3.05, 3.63) is 58.9 Å². The van der Waals surface area contributed by atoms with Crippen molar-refractivity contribution in [1.29, 1.82) is 0 Å². The summed E-state index contributed by atoms with van der Waals surface area (Å²) in [7, 11) is 0. The number of halogens is 1. The third-order valence-corrected chi connectivity index (χ3v) is 2.62. The van der Waals surface area contributed by atoms with E-state index in [1.165, 1.54) is 24.4 Å². The molecule has 0 aliphatic carbocycles. The Morgan fingerprint density at radius 2 is 2.05 bits per heavy atom. The molecule has 0 bridgehead atoms. The zero-order chi connectivity index (χ0) is 13.8. The van der Waals surface area contributed by atoms with Gasteiger partial charge in [-0.05, 0) is 30.3 Å². The first-order valence-corrected chi connectivity index (χ1v) is 5.70. The standard InChI is InChI=1S/C13H9ClN2O3/c14-9-3-4-10(13(18)19)11(6-9)16-12(17)8-2-1-5-15-7-8/h1-7H,(H,16,17)(H,18,19). The van der Waals surface area contributed by atoms with Crippen LogP contribution < -0.4 is 5.32 Å². The lowest BCUT2D eigenvalue weighted by Crippen LogP contribution is -2.14. The van der Waals surface area contributed by atoms with E-state index in [-0.39, 0.29) is 11.3 Å². The first-order chi connectivity index (χ1) is 9.08. The molecule has 0 aliphatic rings. The van der Waals surface area contributed by atoms with Crippen LogP contribution in [0.2, 0.25) is 5.02 Å². The molecule has 19 heavy (non-hydrogen) atoms. The van der Waals surface area contributed by atoms with Gasteiger partial charge < -0.3 is 10.4 Å². The molecule has 2 rings (SSSR count). The lowest BCUT2D eigenvalue weighted by atomic mass is 10.1. The van der Waals surface area contributed by atoms with E-state index in [4.69, 9.17) is 16.7 Å². The molecule has 0 saturated carbocycles. The largest absolute Gasteiger partial charge is 0.478 e. The first kappa shape index (κ1) is 13.0. The number of carbonyl (C=O) groups excluding carboxylic acids is 1. The lowest BCUT2D eigenvalue weighted by Gasteiger charge is -2.08. The number of hydrogen-bond acceptors (Lipinski definition) is 3. The van der Waals surface area contributed by atoms with Crippen molar-refractivity contribution in [3.63, 3.8) is 0 Å². The topological polar surface area (TPSA) is 79.3 Å². The van der Waals surface area contributed by atoms with Gasteiger partial charge in [0.15, 0.2) is 0 Å². The van der Waals surface area contributed by atoms with E-state index in [2.05, 4.69) is 10.3 Å². The van der Waals surface area contributed by atoms with Gasteiger partial charge in [0.25, 0.3) is 5.91 Å². The summed E-state index contributed by atoms with van der Waals surface area (Å²) in [6.07, 6.45) is 2.93. The fraction of sp³-hybridized carbons (Fsp3) is 0. The number of pyridine rings is 1. The van der Waals surface area contributed by atoms with Crippen LogP contribution in [0.15, 0.2) is 42.7 Å². The highest BCUT2D eigenvalue weighted by Gasteiger charge is 2.14. The summed E-state index contributed by atoms with van der Waals surface area (Å²) >= 11 is 5.79. The summed E-state index contributed by atoms with van der Waals surface area (Å²) < 4.78 is 0. The van der Waals surface area contributed by atoms with Crippen molar-refractivity contribution < 1.29 is 14.7 Å². The summed E-state index contributed by atoms with van der Waals surface area (Å²) in [5, 5.41) is 11.9. The van der Waals surface area contributed by atoms with Crippen molar-refractivity contribution in [2.24, 2.45) is 0 Å². The Balaban J connectivity index is 2.31. The zero-order valence-electron chi connectivity index (χ0n) is 9.63. The highest BCUT2D eigenvalue weighted by atomic mass is 35.5. The van der Waals surface area contributed by atoms with Crippen LogP contribution in [0.4, 0.5) is 5.69 Å². The Hall–Kier alpha value is -2.40. The summed E-state index contributed by atoms with van der Waals surface area (Å²) in [4.78, 5) is 26.8. The van der Waals surface area contributed by atoms with Crippen molar-refractivity contribution in [2.45, 2.75) is 0 Å². The molecule has 0 saturated heterocycles. The van der Waals surface area contributed by atoms with Crippen molar-refractivity contribution in [2.75, 3.05) is 5.32 Å². The van der Waals surface area contributed by atoms with Crippen LogP contribution in [0.1, 0.15) is 20.7 Å². The van der Waals surface area contributed by atoms with Gasteiger partial charge in [-0.1, -0.05) is 11.6 Å². The van der Waals surface area contributed by atoms with E-state index in [1.807, 2.05) is 0 Å². The molecule has 0 spiro atoms. The molecule has 2 N–H and O–H groups in total. The smallest absolute Gasteiger partial charge is 0.337 e. The second kappa shape index (κ2) is 5.49. The number of benzene rings is 1. The van der Waals surface area contributed by atoms with Gasteiger partial charge in [-0.2, -0.15) is 0 Å². The lowest BCUT2D eigenvalue weighted by molar-refractivity contribution is 0.0698. The monoisotopic (exact) mass is 276 g/mol. The molecular weight excluding hydrogens is 268 g/mol. The molecule has 0 fully saturated rings. The van der Waals surface area contributed by atoms with Gasteiger partial charge in [0.1, 0.15) is 0 Å². The van der Waals surface area contributed by atoms with Crippen molar-refractivity contribution in [1.82, 2.24) is 4.98 Å².